The molecule has 1 N–H and O–H groups in total. The first-order valence-corrected chi connectivity index (χ1v) is 12.1. The normalized spacial score (nSPS) is 12.9. The highest BCUT2D eigenvalue weighted by Crippen LogP contribution is 2.32. The average Bonchev–Trinajstić information content (AvgIpc) is 2.63. The third kappa shape index (κ3) is 9.00. The molecule has 1 aromatic carbocycles. The Bertz CT molecular complexity index is 625. The monoisotopic (exact) mass is 398 g/mol. The predicted molar refractivity (Wildman–Crippen MR) is 113 cm³/mol. The van der Waals surface area contributed by atoms with Crippen molar-refractivity contribution >= 4 is 10.1 Å². The van der Waals surface area contributed by atoms with Crippen molar-refractivity contribution in [1.82, 2.24) is 0 Å². The molecule has 0 amide bonds. The van der Waals surface area contributed by atoms with Gasteiger partial charge < -0.3 is 9.29 Å². The lowest BCUT2D eigenvalue weighted by atomic mass is 10.0. The molecule has 0 aliphatic heterocycles. The summed E-state index contributed by atoms with van der Waals surface area (Å²) >= 11 is 0. The molecule has 156 valence electrons. The van der Waals surface area contributed by atoms with Crippen molar-refractivity contribution in [3.8, 4) is 11.5 Å². The molecule has 4 nitrogen and oxygen atoms in total. The molecule has 1 unspecified atom stereocenters. The fourth-order valence-electron chi connectivity index (χ4n) is 3.33. The minimum atomic E-state index is -3.74. The summed E-state index contributed by atoms with van der Waals surface area (Å²) < 4.78 is 30.7. The van der Waals surface area contributed by atoms with Gasteiger partial charge in [0.15, 0.2) is 11.5 Å². The molecule has 0 saturated carbocycles. The lowest BCUT2D eigenvalue weighted by molar-refractivity contribution is 0.414. The van der Waals surface area contributed by atoms with E-state index in [9.17, 15) is 13.5 Å². The highest BCUT2D eigenvalue weighted by molar-refractivity contribution is 7.87. The Hall–Kier alpha value is -1.23. The van der Waals surface area contributed by atoms with E-state index in [-0.39, 0.29) is 11.5 Å². The highest BCUT2D eigenvalue weighted by Gasteiger charge is 2.27. The van der Waals surface area contributed by atoms with Gasteiger partial charge in [0.25, 0.3) is 0 Å². The first-order chi connectivity index (χ1) is 12.9. The molecule has 5 heteroatoms. The summed E-state index contributed by atoms with van der Waals surface area (Å²) in [6, 6.07) is 4.91. The third-order valence-corrected chi connectivity index (χ3v) is 6.75. The smallest absolute Gasteiger partial charge is 0.312 e. The van der Waals surface area contributed by atoms with Gasteiger partial charge in [0.2, 0.25) is 0 Å². The summed E-state index contributed by atoms with van der Waals surface area (Å²) in [6.07, 6.45) is 12.9. The van der Waals surface area contributed by atoms with Crippen LogP contribution in [0.1, 0.15) is 96.5 Å². The molecule has 0 aromatic heterocycles. The second-order valence-corrected chi connectivity index (χ2v) is 9.34. The maximum atomic E-state index is 12.7. The van der Waals surface area contributed by atoms with Crippen LogP contribution in [0.15, 0.2) is 18.2 Å². The summed E-state index contributed by atoms with van der Waals surface area (Å²) in [6.45, 7) is 5.94. The van der Waals surface area contributed by atoms with Gasteiger partial charge in [-0.25, -0.2) is 0 Å². The van der Waals surface area contributed by atoms with Crippen LogP contribution in [0.4, 0.5) is 0 Å². The Morgan fingerprint density at radius 3 is 2.07 bits per heavy atom. The zero-order valence-corrected chi connectivity index (χ0v) is 18.2. The van der Waals surface area contributed by atoms with Gasteiger partial charge in [-0.2, -0.15) is 8.42 Å². The Kier molecular flexibility index (Phi) is 11.5. The quantitative estimate of drug-likeness (QED) is 0.270. The Morgan fingerprint density at radius 1 is 0.889 bits per heavy atom. The Balaban J connectivity index is 2.45. The number of hydrogen-bond acceptors (Lipinski definition) is 4. The van der Waals surface area contributed by atoms with Crippen LogP contribution in [0.2, 0.25) is 0 Å². The first kappa shape index (κ1) is 23.8. The van der Waals surface area contributed by atoms with Crippen LogP contribution in [-0.4, -0.2) is 18.8 Å². The van der Waals surface area contributed by atoms with Gasteiger partial charge in [-0.3, -0.25) is 0 Å². The molecule has 1 atom stereocenters. The minimum Gasteiger partial charge on any atom is -0.504 e. The topological polar surface area (TPSA) is 63.6 Å². The van der Waals surface area contributed by atoms with E-state index in [1.807, 2.05) is 6.92 Å². The fraction of sp³-hybridized carbons (Fsp3) is 0.727. The van der Waals surface area contributed by atoms with E-state index in [1.165, 1.54) is 51.0 Å². The summed E-state index contributed by atoms with van der Waals surface area (Å²) in [4.78, 5) is 0. The fourth-order valence-corrected chi connectivity index (χ4v) is 4.83. The van der Waals surface area contributed by atoms with Crippen LogP contribution in [0, 0.1) is 6.92 Å². The molecule has 0 saturated heterocycles. The zero-order valence-electron chi connectivity index (χ0n) is 17.4. The van der Waals surface area contributed by atoms with Gasteiger partial charge in [0, 0.05) is 0 Å². The number of phenolic OH excluding ortho intramolecular Hbond substituents is 1. The van der Waals surface area contributed by atoms with Crippen molar-refractivity contribution in [2.75, 3.05) is 0 Å². The van der Waals surface area contributed by atoms with E-state index in [1.54, 1.807) is 19.1 Å². The van der Waals surface area contributed by atoms with Crippen LogP contribution in [0.5, 0.6) is 11.5 Å². The molecule has 0 aliphatic carbocycles. The summed E-state index contributed by atoms with van der Waals surface area (Å²) in [5, 5.41) is 9.53. The van der Waals surface area contributed by atoms with Crippen molar-refractivity contribution in [3.05, 3.63) is 23.8 Å². The van der Waals surface area contributed by atoms with Crippen molar-refractivity contribution in [2.45, 2.75) is 103 Å². The third-order valence-electron chi connectivity index (χ3n) is 5.06. The maximum absolute atomic E-state index is 12.7. The van der Waals surface area contributed by atoms with E-state index in [2.05, 4.69) is 6.92 Å². The summed E-state index contributed by atoms with van der Waals surface area (Å²) in [5.41, 5.74) is 0.605. The minimum absolute atomic E-state index is 0.0307. The molecular weight excluding hydrogens is 360 g/mol. The SMILES string of the molecule is CCCCCCCCCCCC(CCC)S(=O)(=O)Oc1cccc(C)c1O. The van der Waals surface area contributed by atoms with E-state index in [0.717, 1.165) is 19.3 Å². The van der Waals surface area contributed by atoms with Crippen LogP contribution in [0.3, 0.4) is 0 Å². The van der Waals surface area contributed by atoms with Crippen LogP contribution >= 0.6 is 0 Å². The second-order valence-electron chi connectivity index (χ2n) is 7.53. The van der Waals surface area contributed by atoms with Gasteiger partial charge in [-0.1, -0.05) is 90.2 Å². The highest BCUT2D eigenvalue weighted by atomic mass is 32.2. The van der Waals surface area contributed by atoms with Crippen LogP contribution < -0.4 is 4.18 Å². The number of hydrogen-bond donors (Lipinski definition) is 1. The zero-order chi connectivity index (χ0) is 20.1. The number of aryl methyl sites for hydroxylation is 1. The van der Waals surface area contributed by atoms with E-state index in [4.69, 9.17) is 4.18 Å². The van der Waals surface area contributed by atoms with Gasteiger partial charge in [0.05, 0.1) is 5.25 Å². The molecular formula is C22H38O4S. The number of aromatic hydroxyl groups is 1. The molecule has 27 heavy (non-hydrogen) atoms. The molecule has 0 radical (unpaired) electrons. The standard InChI is InChI=1S/C22H38O4S/c1-4-6-7-8-9-10-11-12-13-17-20(15-5-2)27(24,25)26-21-18-14-16-19(3)22(21)23/h14,16,18,20,23H,4-13,15,17H2,1-3H3. The number of phenols is 1. The summed E-state index contributed by atoms with van der Waals surface area (Å²) in [5.74, 6) is -0.0671. The lowest BCUT2D eigenvalue weighted by Crippen LogP contribution is -2.26. The van der Waals surface area contributed by atoms with Crippen molar-refractivity contribution in [2.24, 2.45) is 0 Å². The van der Waals surface area contributed by atoms with Crippen LogP contribution in [0.25, 0.3) is 0 Å². The lowest BCUT2D eigenvalue weighted by Gasteiger charge is -2.18. The van der Waals surface area contributed by atoms with Gasteiger partial charge in [0.1, 0.15) is 0 Å². The van der Waals surface area contributed by atoms with Gasteiger partial charge in [-0.15, -0.1) is 0 Å². The average molecular weight is 399 g/mol. The van der Waals surface area contributed by atoms with E-state index < -0.39 is 15.4 Å². The molecule has 1 aromatic rings. The number of rotatable bonds is 15. The molecule has 0 fully saturated rings. The summed E-state index contributed by atoms with van der Waals surface area (Å²) in [7, 11) is -3.74. The molecule has 0 aliphatic rings. The Labute approximate surface area is 166 Å². The van der Waals surface area contributed by atoms with E-state index in [0.29, 0.717) is 18.4 Å². The van der Waals surface area contributed by atoms with Crippen molar-refractivity contribution in [3.63, 3.8) is 0 Å². The largest absolute Gasteiger partial charge is 0.504 e. The molecule has 0 spiro atoms. The predicted octanol–water partition coefficient (Wildman–Crippen LogP) is 6.50. The van der Waals surface area contributed by atoms with E-state index >= 15 is 0 Å². The molecule has 0 bridgehead atoms. The number of para-hydroxylation sites is 1. The number of benzene rings is 1. The number of unbranched alkanes of at least 4 members (excludes halogenated alkanes) is 8. The van der Waals surface area contributed by atoms with Crippen molar-refractivity contribution in [1.29, 1.82) is 0 Å². The van der Waals surface area contributed by atoms with Gasteiger partial charge >= 0.3 is 10.1 Å². The first-order valence-electron chi connectivity index (χ1n) is 10.6. The van der Waals surface area contributed by atoms with Crippen LogP contribution in [-0.2, 0) is 10.1 Å². The second kappa shape index (κ2) is 13.0. The maximum Gasteiger partial charge on any atom is 0.312 e. The molecule has 1 rings (SSSR count). The Morgan fingerprint density at radius 2 is 1.48 bits per heavy atom. The van der Waals surface area contributed by atoms with Crippen molar-refractivity contribution < 1.29 is 17.7 Å². The molecule has 0 heterocycles. The van der Waals surface area contributed by atoms with Gasteiger partial charge in [-0.05, 0) is 31.4 Å².